The Morgan fingerprint density at radius 3 is 2.35 bits per heavy atom. The Kier molecular flexibility index (Phi) is 6.75. The molecule has 6 nitrogen and oxygen atoms in total. The van der Waals surface area contributed by atoms with Gasteiger partial charge in [-0.05, 0) is 50.2 Å². The maximum absolute atomic E-state index is 12.1. The van der Waals surface area contributed by atoms with Crippen molar-refractivity contribution in [1.82, 2.24) is 0 Å². The molecule has 2 aromatic carbocycles. The first-order chi connectivity index (χ1) is 12.6. The van der Waals surface area contributed by atoms with Crippen molar-refractivity contribution >= 4 is 23.3 Å². The quantitative estimate of drug-likeness (QED) is 0.775. The minimum Gasteiger partial charge on any atom is -0.452 e. The van der Waals surface area contributed by atoms with Crippen LogP contribution in [0.25, 0.3) is 0 Å². The first-order valence-electron chi connectivity index (χ1n) is 8.40. The number of para-hydroxylation sites is 1. The second-order valence-electron chi connectivity index (χ2n) is 5.50. The van der Waals surface area contributed by atoms with Crippen LogP contribution < -0.4 is 10.2 Å². The summed E-state index contributed by atoms with van der Waals surface area (Å²) in [6.07, 6.45) is 0. The van der Waals surface area contributed by atoms with E-state index in [2.05, 4.69) is 24.1 Å². The second-order valence-corrected chi connectivity index (χ2v) is 5.50. The number of hydrogen-bond donors (Lipinski definition) is 1. The normalized spacial score (nSPS) is 9.88. The molecule has 6 heteroatoms. The molecule has 0 unspecified atom stereocenters. The number of esters is 1. The molecule has 0 aromatic heterocycles. The van der Waals surface area contributed by atoms with Gasteiger partial charge in [-0.25, -0.2) is 4.79 Å². The summed E-state index contributed by atoms with van der Waals surface area (Å²) in [5, 5.41) is 11.6. The van der Waals surface area contributed by atoms with Crippen LogP contribution in [-0.4, -0.2) is 31.6 Å². The predicted octanol–water partition coefficient (Wildman–Crippen LogP) is 3.20. The van der Waals surface area contributed by atoms with Gasteiger partial charge in [0.15, 0.2) is 6.61 Å². The van der Waals surface area contributed by atoms with Gasteiger partial charge < -0.3 is 15.0 Å². The van der Waals surface area contributed by atoms with Crippen LogP contribution in [0.4, 0.5) is 11.4 Å². The van der Waals surface area contributed by atoms with Gasteiger partial charge in [-0.15, -0.1) is 0 Å². The summed E-state index contributed by atoms with van der Waals surface area (Å²) < 4.78 is 5.04. The van der Waals surface area contributed by atoms with Crippen LogP contribution in [0.15, 0.2) is 48.5 Å². The highest BCUT2D eigenvalue weighted by Crippen LogP contribution is 2.16. The number of anilines is 2. The highest BCUT2D eigenvalue weighted by Gasteiger charge is 2.12. The molecule has 1 N–H and O–H groups in total. The Balaban J connectivity index is 1.92. The number of carbonyl (C=O) groups is 2. The molecule has 26 heavy (non-hydrogen) atoms. The Bertz CT molecular complexity index is 806. The summed E-state index contributed by atoms with van der Waals surface area (Å²) in [5.41, 5.74) is 2.14. The standard InChI is InChI=1S/C20H21N3O3/c1-3-23(4-2)17-11-9-15(10-12-17)20(25)26-14-19(24)22-18-8-6-5-7-16(18)13-21/h5-12H,3-4,14H2,1-2H3,(H,22,24). The van der Waals surface area contributed by atoms with Gasteiger partial charge in [0, 0.05) is 18.8 Å². The molecule has 0 heterocycles. The van der Waals surface area contributed by atoms with Gasteiger partial charge in [0.2, 0.25) is 0 Å². The van der Waals surface area contributed by atoms with Crippen LogP contribution in [0.5, 0.6) is 0 Å². The number of nitrogens with zero attached hydrogens (tertiary/aromatic N) is 2. The zero-order valence-corrected chi connectivity index (χ0v) is 14.9. The molecular formula is C20H21N3O3. The van der Waals surface area contributed by atoms with E-state index in [0.717, 1.165) is 18.8 Å². The number of nitrogens with one attached hydrogen (secondary N) is 1. The molecule has 0 aliphatic carbocycles. The molecule has 1 amide bonds. The van der Waals surface area contributed by atoms with Crippen molar-refractivity contribution in [2.24, 2.45) is 0 Å². The third-order valence-electron chi connectivity index (χ3n) is 3.89. The van der Waals surface area contributed by atoms with E-state index in [1.54, 1.807) is 36.4 Å². The Labute approximate surface area is 153 Å². The summed E-state index contributed by atoms with van der Waals surface area (Å²) in [6.45, 7) is 5.47. The van der Waals surface area contributed by atoms with Crippen LogP contribution in [0.1, 0.15) is 29.8 Å². The fourth-order valence-electron chi connectivity index (χ4n) is 2.49. The molecule has 0 radical (unpaired) electrons. The van der Waals surface area contributed by atoms with Gasteiger partial charge in [0.1, 0.15) is 6.07 Å². The fourth-order valence-corrected chi connectivity index (χ4v) is 2.49. The molecule has 0 saturated heterocycles. The minimum atomic E-state index is -0.570. The molecular weight excluding hydrogens is 330 g/mol. The van der Waals surface area contributed by atoms with Crippen LogP contribution in [0, 0.1) is 11.3 Å². The highest BCUT2D eigenvalue weighted by atomic mass is 16.5. The largest absolute Gasteiger partial charge is 0.452 e. The third kappa shape index (κ3) is 4.84. The van der Waals surface area contributed by atoms with Crippen LogP contribution in [0.3, 0.4) is 0 Å². The fraction of sp³-hybridized carbons (Fsp3) is 0.250. The van der Waals surface area contributed by atoms with E-state index in [4.69, 9.17) is 10.00 Å². The number of nitriles is 1. The van der Waals surface area contributed by atoms with E-state index in [0.29, 0.717) is 16.8 Å². The third-order valence-corrected chi connectivity index (χ3v) is 3.89. The van der Waals surface area contributed by atoms with E-state index >= 15 is 0 Å². The smallest absolute Gasteiger partial charge is 0.338 e. The topological polar surface area (TPSA) is 82.4 Å². The first kappa shape index (κ1) is 19.0. The highest BCUT2D eigenvalue weighted by molar-refractivity contribution is 5.96. The number of hydrogen-bond acceptors (Lipinski definition) is 5. The molecule has 0 saturated carbocycles. The van der Waals surface area contributed by atoms with E-state index in [9.17, 15) is 9.59 Å². The lowest BCUT2D eigenvalue weighted by Gasteiger charge is -2.20. The summed E-state index contributed by atoms with van der Waals surface area (Å²) in [7, 11) is 0. The average molecular weight is 351 g/mol. The van der Waals surface area contributed by atoms with E-state index in [1.807, 2.05) is 18.2 Å². The molecule has 2 aromatic rings. The van der Waals surface area contributed by atoms with Crippen molar-refractivity contribution in [3.8, 4) is 6.07 Å². The first-order valence-corrected chi connectivity index (χ1v) is 8.40. The predicted molar refractivity (Wildman–Crippen MR) is 100 cm³/mol. The Hall–Kier alpha value is -3.33. The van der Waals surface area contributed by atoms with Crippen molar-refractivity contribution in [1.29, 1.82) is 5.26 Å². The molecule has 0 fully saturated rings. The van der Waals surface area contributed by atoms with Crippen molar-refractivity contribution in [2.75, 3.05) is 29.9 Å². The summed E-state index contributed by atoms with van der Waals surface area (Å²) >= 11 is 0. The zero-order valence-electron chi connectivity index (χ0n) is 14.9. The summed E-state index contributed by atoms with van der Waals surface area (Å²) in [5.74, 6) is -1.07. The van der Waals surface area contributed by atoms with Crippen LogP contribution >= 0.6 is 0 Å². The van der Waals surface area contributed by atoms with E-state index in [-0.39, 0.29) is 0 Å². The van der Waals surface area contributed by atoms with Crippen molar-refractivity contribution in [2.45, 2.75) is 13.8 Å². The zero-order chi connectivity index (χ0) is 18.9. The lowest BCUT2D eigenvalue weighted by molar-refractivity contribution is -0.119. The summed E-state index contributed by atoms with van der Waals surface area (Å²) in [6, 6.07) is 15.7. The van der Waals surface area contributed by atoms with Gasteiger partial charge in [0.25, 0.3) is 5.91 Å². The van der Waals surface area contributed by atoms with Gasteiger partial charge in [-0.2, -0.15) is 5.26 Å². The van der Waals surface area contributed by atoms with Crippen LogP contribution in [0.2, 0.25) is 0 Å². The van der Waals surface area contributed by atoms with Crippen molar-refractivity contribution in [3.63, 3.8) is 0 Å². The average Bonchev–Trinajstić information content (AvgIpc) is 2.68. The molecule has 0 bridgehead atoms. The molecule has 2 rings (SSSR count). The molecule has 0 spiro atoms. The minimum absolute atomic E-state index is 0.346. The number of amides is 1. The van der Waals surface area contributed by atoms with Gasteiger partial charge in [0.05, 0.1) is 16.8 Å². The Morgan fingerprint density at radius 2 is 1.73 bits per heavy atom. The van der Waals surface area contributed by atoms with Crippen molar-refractivity contribution in [3.05, 3.63) is 59.7 Å². The SMILES string of the molecule is CCN(CC)c1ccc(C(=O)OCC(=O)Nc2ccccc2C#N)cc1. The number of carbonyl (C=O) groups excluding carboxylic acids is 2. The van der Waals surface area contributed by atoms with Crippen molar-refractivity contribution < 1.29 is 14.3 Å². The number of ether oxygens (including phenoxy) is 1. The van der Waals surface area contributed by atoms with Crippen LogP contribution in [-0.2, 0) is 9.53 Å². The van der Waals surface area contributed by atoms with E-state index < -0.39 is 18.5 Å². The van der Waals surface area contributed by atoms with Gasteiger partial charge in [-0.1, -0.05) is 12.1 Å². The molecule has 0 aliphatic rings. The number of rotatable bonds is 7. The monoisotopic (exact) mass is 351 g/mol. The summed E-state index contributed by atoms with van der Waals surface area (Å²) in [4.78, 5) is 26.2. The maximum Gasteiger partial charge on any atom is 0.338 e. The van der Waals surface area contributed by atoms with Gasteiger partial charge in [-0.3, -0.25) is 4.79 Å². The number of benzene rings is 2. The van der Waals surface area contributed by atoms with Gasteiger partial charge >= 0.3 is 5.97 Å². The molecule has 0 aliphatic heterocycles. The molecule has 0 atom stereocenters. The Morgan fingerprint density at radius 1 is 1.08 bits per heavy atom. The lowest BCUT2D eigenvalue weighted by Crippen LogP contribution is -2.22. The molecule has 134 valence electrons. The van der Waals surface area contributed by atoms with E-state index in [1.165, 1.54) is 0 Å². The maximum atomic E-state index is 12.1. The second kappa shape index (κ2) is 9.23. The lowest BCUT2D eigenvalue weighted by atomic mass is 10.2.